The number of nitrogens with zero attached hydrogens (tertiary/aromatic N) is 1. The van der Waals surface area contributed by atoms with Crippen LogP contribution in [0.15, 0.2) is 5.16 Å². The standard InChI is InChI=1S/C6H10N2O5S/c1-4-5(8-13-6(9)7-2)14(10,11)3-12-4/h4H,3H2,1-2H3,(H,7,9)/b8-5+. The number of hydrogen-bond donors (Lipinski definition) is 1. The zero-order valence-corrected chi connectivity index (χ0v) is 8.50. The molecule has 1 unspecified atom stereocenters. The Hall–Kier alpha value is -1.15. The van der Waals surface area contributed by atoms with Crippen LogP contribution in [0.4, 0.5) is 4.79 Å². The summed E-state index contributed by atoms with van der Waals surface area (Å²) in [6.07, 6.45) is -1.50. The van der Waals surface area contributed by atoms with Gasteiger partial charge in [-0.05, 0) is 6.92 Å². The first-order chi connectivity index (χ1) is 6.47. The molecule has 1 aliphatic rings. The molecule has 0 aromatic heterocycles. The summed E-state index contributed by atoms with van der Waals surface area (Å²) in [5, 5.41) is 5.08. The molecule has 0 bridgehead atoms. The summed E-state index contributed by atoms with van der Waals surface area (Å²) in [6.45, 7) is 1.51. The van der Waals surface area contributed by atoms with E-state index in [1.807, 2.05) is 0 Å². The topological polar surface area (TPSA) is 94.1 Å². The van der Waals surface area contributed by atoms with E-state index >= 15 is 0 Å². The van der Waals surface area contributed by atoms with E-state index in [0.717, 1.165) is 0 Å². The van der Waals surface area contributed by atoms with Gasteiger partial charge in [0.15, 0.2) is 5.94 Å². The van der Waals surface area contributed by atoms with Crippen molar-refractivity contribution >= 4 is 21.0 Å². The third-order valence-corrected chi connectivity index (χ3v) is 3.05. The lowest BCUT2D eigenvalue weighted by Gasteiger charge is -1.99. The number of nitrogens with one attached hydrogen (secondary N) is 1. The van der Waals surface area contributed by atoms with Crippen LogP contribution in [-0.2, 0) is 19.4 Å². The van der Waals surface area contributed by atoms with Crippen molar-refractivity contribution in [2.24, 2.45) is 5.16 Å². The quantitative estimate of drug-likeness (QED) is 0.474. The van der Waals surface area contributed by atoms with Gasteiger partial charge in [0.1, 0.15) is 6.10 Å². The van der Waals surface area contributed by atoms with Crippen molar-refractivity contribution in [2.75, 3.05) is 13.0 Å². The Morgan fingerprint density at radius 3 is 2.79 bits per heavy atom. The van der Waals surface area contributed by atoms with Crippen molar-refractivity contribution in [1.82, 2.24) is 5.32 Å². The molecular weight excluding hydrogens is 212 g/mol. The van der Waals surface area contributed by atoms with Crippen LogP contribution in [0.1, 0.15) is 6.92 Å². The van der Waals surface area contributed by atoms with E-state index in [9.17, 15) is 13.2 Å². The molecule has 0 spiro atoms. The molecule has 8 heteroatoms. The van der Waals surface area contributed by atoms with Gasteiger partial charge in [0.05, 0.1) is 0 Å². The first kappa shape index (κ1) is 10.9. The first-order valence-electron chi connectivity index (χ1n) is 3.78. The molecule has 1 heterocycles. The molecule has 1 aliphatic heterocycles. The highest BCUT2D eigenvalue weighted by atomic mass is 32.2. The maximum Gasteiger partial charge on any atom is 0.433 e. The molecule has 1 atom stereocenters. The van der Waals surface area contributed by atoms with Gasteiger partial charge in [-0.25, -0.2) is 13.2 Å². The van der Waals surface area contributed by atoms with E-state index in [-0.39, 0.29) is 5.04 Å². The van der Waals surface area contributed by atoms with Crippen LogP contribution < -0.4 is 5.32 Å². The minimum atomic E-state index is -3.52. The number of carbonyl (C=O) groups excluding carboxylic acids is 1. The van der Waals surface area contributed by atoms with Gasteiger partial charge < -0.3 is 10.1 Å². The molecule has 1 saturated heterocycles. The predicted molar refractivity (Wildman–Crippen MR) is 47.3 cm³/mol. The molecule has 0 aliphatic carbocycles. The summed E-state index contributed by atoms with van der Waals surface area (Å²) < 4.78 is 27.2. The van der Waals surface area contributed by atoms with Gasteiger partial charge in [-0.15, -0.1) is 0 Å². The summed E-state index contributed by atoms with van der Waals surface area (Å²) in [6, 6.07) is 0. The summed E-state index contributed by atoms with van der Waals surface area (Å²) in [7, 11) is -2.18. The fourth-order valence-corrected chi connectivity index (χ4v) is 2.07. The van der Waals surface area contributed by atoms with Crippen LogP contribution in [0, 0.1) is 0 Å². The highest BCUT2D eigenvalue weighted by molar-refractivity contribution is 8.06. The predicted octanol–water partition coefficient (Wildman–Crippen LogP) is -0.553. The number of ether oxygens (including phenoxy) is 1. The van der Waals surface area contributed by atoms with Crippen molar-refractivity contribution < 1.29 is 22.8 Å². The van der Waals surface area contributed by atoms with E-state index in [2.05, 4.69) is 15.3 Å². The van der Waals surface area contributed by atoms with Gasteiger partial charge in [-0.3, -0.25) is 4.84 Å². The number of oxime groups is 1. The number of hydrogen-bond acceptors (Lipinski definition) is 6. The molecular formula is C6H10N2O5S. The molecule has 1 rings (SSSR count). The van der Waals surface area contributed by atoms with Crippen molar-refractivity contribution in [1.29, 1.82) is 0 Å². The Kier molecular flexibility index (Phi) is 3.06. The van der Waals surface area contributed by atoms with Crippen LogP contribution in [0.25, 0.3) is 0 Å². The molecule has 0 aromatic carbocycles. The van der Waals surface area contributed by atoms with Gasteiger partial charge in [0, 0.05) is 7.05 Å². The fraction of sp³-hybridized carbons (Fsp3) is 0.667. The van der Waals surface area contributed by atoms with E-state index < -0.39 is 28.0 Å². The first-order valence-corrected chi connectivity index (χ1v) is 5.43. The molecule has 1 N–H and O–H groups in total. The largest absolute Gasteiger partial charge is 0.433 e. The molecule has 0 radical (unpaired) electrons. The van der Waals surface area contributed by atoms with Gasteiger partial charge in [-0.2, -0.15) is 0 Å². The summed E-state index contributed by atoms with van der Waals surface area (Å²) >= 11 is 0. The normalized spacial score (nSPS) is 27.6. The molecule has 1 fully saturated rings. The van der Waals surface area contributed by atoms with Crippen molar-refractivity contribution in [3.05, 3.63) is 0 Å². The minimum absolute atomic E-state index is 0.263. The molecule has 0 aromatic rings. The van der Waals surface area contributed by atoms with Crippen molar-refractivity contribution in [3.63, 3.8) is 0 Å². The van der Waals surface area contributed by atoms with Crippen LogP contribution >= 0.6 is 0 Å². The maximum atomic E-state index is 11.2. The van der Waals surface area contributed by atoms with Gasteiger partial charge >= 0.3 is 6.09 Å². The summed E-state index contributed by atoms with van der Waals surface area (Å²) in [5.74, 6) is -0.426. The van der Waals surface area contributed by atoms with Gasteiger partial charge in [0.25, 0.3) is 0 Å². The average Bonchev–Trinajstić information content (AvgIpc) is 2.38. The monoisotopic (exact) mass is 222 g/mol. The second kappa shape index (κ2) is 3.93. The summed E-state index contributed by atoms with van der Waals surface area (Å²) in [5.41, 5.74) is 0. The second-order valence-corrected chi connectivity index (χ2v) is 4.48. The number of amides is 1. The van der Waals surface area contributed by atoms with E-state index in [1.165, 1.54) is 14.0 Å². The molecule has 7 nitrogen and oxygen atoms in total. The summed E-state index contributed by atoms with van der Waals surface area (Å²) in [4.78, 5) is 14.9. The second-order valence-electron chi connectivity index (χ2n) is 2.60. The molecule has 80 valence electrons. The van der Waals surface area contributed by atoms with Crippen molar-refractivity contribution in [3.8, 4) is 0 Å². The van der Waals surface area contributed by atoms with Crippen LogP contribution in [0.2, 0.25) is 0 Å². The van der Waals surface area contributed by atoms with E-state index in [4.69, 9.17) is 4.74 Å². The lowest BCUT2D eigenvalue weighted by molar-refractivity contribution is 0.144. The minimum Gasteiger partial charge on any atom is -0.355 e. The Bertz CT molecular complexity index is 360. The van der Waals surface area contributed by atoms with Gasteiger partial charge in [0.2, 0.25) is 14.9 Å². The smallest absolute Gasteiger partial charge is 0.355 e. The van der Waals surface area contributed by atoms with Crippen LogP contribution in [0.3, 0.4) is 0 Å². The average molecular weight is 222 g/mol. The number of rotatable bonds is 1. The van der Waals surface area contributed by atoms with Crippen LogP contribution in [-0.4, -0.2) is 38.6 Å². The maximum absolute atomic E-state index is 11.2. The molecule has 14 heavy (non-hydrogen) atoms. The number of sulfone groups is 1. The Morgan fingerprint density at radius 1 is 1.71 bits per heavy atom. The Balaban J connectivity index is 2.80. The lowest BCUT2D eigenvalue weighted by atomic mass is 10.4. The van der Waals surface area contributed by atoms with Crippen LogP contribution in [0.5, 0.6) is 0 Å². The Morgan fingerprint density at radius 2 is 2.36 bits per heavy atom. The zero-order chi connectivity index (χ0) is 10.8. The molecule has 0 saturated carbocycles. The van der Waals surface area contributed by atoms with E-state index in [1.54, 1.807) is 0 Å². The highest BCUT2D eigenvalue weighted by Crippen LogP contribution is 2.14. The molecule has 1 amide bonds. The fourth-order valence-electron chi connectivity index (χ4n) is 0.839. The van der Waals surface area contributed by atoms with E-state index in [0.29, 0.717) is 0 Å². The lowest BCUT2D eigenvalue weighted by Crippen LogP contribution is -2.22. The SMILES string of the molecule is CNC(=O)O/N=C1\C(C)OCS1(=O)=O. The number of carbonyl (C=O) groups is 1. The zero-order valence-electron chi connectivity index (χ0n) is 7.68. The van der Waals surface area contributed by atoms with Crippen molar-refractivity contribution in [2.45, 2.75) is 13.0 Å². The van der Waals surface area contributed by atoms with Gasteiger partial charge in [-0.1, -0.05) is 5.16 Å². The third kappa shape index (κ3) is 2.20. The third-order valence-electron chi connectivity index (χ3n) is 1.56. The highest BCUT2D eigenvalue weighted by Gasteiger charge is 2.35. The Labute approximate surface area is 81.0 Å².